The Labute approximate surface area is 116 Å². The van der Waals surface area contributed by atoms with Crippen molar-refractivity contribution in [1.82, 2.24) is 9.78 Å². The Hall–Kier alpha value is -2.63. The molecule has 0 unspecified atom stereocenters. The largest absolute Gasteiger partial charge is 0.478 e. The number of aromatic carboxylic acids is 1. The average molecular weight is 273 g/mol. The van der Waals surface area contributed by atoms with Crippen LogP contribution in [0.5, 0.6) is 0 Å². The third-order valence-corrected chi connectivity index (χ3v) is 3.10. The molecule has 0 saturated heterocycles. The van der Waals surface area contributed by atoms with Gasteiger partial charge in [-0.2, -0.15) is 5.10 Å². The Morgan fingerprint density at radius 2 is 2.00 bits per heavy atom. The second-order valence-electron chi connectivity index (χ2n) is 4.51. The molecule has 2 rings (SSSR count). The molecule has 104 valence electrons. The summed E-state index contributed by atoms with van der Waals surface area (Å²) in [4.78, 5) is 23.1. The molecular weight excluding hydrogens is 258 g/mol. The predicted octanol–water partition coefficient (Wildman–Crippen LogP) is 1.99. The van der Waals surface area contributed by atoms with Crippen LogP contribution in [0, 0.1) is 13.8 Å². The van der Waals surface area contributed by atoms with Crippen LogP contribution >= 0.6 is 0 Å². The maximum atomic E-state index is 12.2. The number of benzene rings is 1. The fourth-order valence-corrected chi connectivity index (χ4v) is 2.03. The van der Waals surface area contributed by atoms with E-state index in [1.165, 1.54) is 12.1 Å². The number of aryl methyl sites for hydroxylation is 2. The van der Waals surface area contributed by atoms with Crippen LogP contribution in [0.25, 0.3) is 0 Å². The summed E-state index contributed by atoms with van der Waals surface area (Å²) in [6.07, 6.45) is 0. The standard InChI is InChI=1S/C14H15N3O3/c1-8-12(9(2)17(3)16-8)13(18)15-11-6-4-5-10(7-11)14(19)20/h4-7H,1-3H3,(H,15,18)(H,19,20). The lowest BCUT2D eigenvalue weighted by Gasteiger charge is -2.06. The molecule has 20 heavy (non-hydrogen) atoms. The number of amides is 1. The summed E-state index contributed by atoms with van der Waals surface area (Å²) in [7, 11) is 1.77. The maximum absolute atomic E-state index is 12.2. The van der Waals surface area contributed by atoms with Gasteiger partial charge < -0.3 is 10.4 Å². The minimum absolute atomic E-state index is 0.127. The molecule has 6 heteroatoms. The zero-order valence-electron chi connectivity index (χ0n) is 11.5. The molecule has 1 aromatic heterocycles. The van der Waals surface area contributed by atoms with Crippen LogP contribution in [0.3, 0.4) is 0 Å². The summed E-state index contributed by atoms with van der Waals surface area (Å²) in [5, 5.41) is 15.8. The van der Waals surface area contributed by atoms with E-state index in [0.717, 1.165) is 5.69 Å². The number of rotatable bonds is 3. The van der Waals surface area contributed by atoms with Gasteiger partial charge >= 0.3 is 5.97 Å². The highest BCUT2D eigenvalue weighted by molar-refractivity contribution is 6.06. The minimum atomic E-state index is -1.03. The van der Waals surface area contributed by atoms with Gasteiger partial charge in [-0.15, -0.1) is 0 Å². The molecule has 0 atom stereocenters. The molecule has 1 heterocycles. The first-order valence-electron chi connectivity index (χ1n) is 6.05. The lowest BCUT2D eigenvalue weighted by molar-refractivity contribution is 0.0696. The van der Waals surface area contributed by atoms with Crippen molar-refractivity contribution in [3.63, 3.8) is 0 Å². The molecule has 0 fully saturated rings. The van der Waals surface area contributed by atoms with Crippen LogP contribution < -0.4 is 5.32 Å². The molecule has 2 aromatic rings. The lowest BCUT2D eigenvalue weighted by atomic mass is 10.1. The fourth-order valence-electron chi connectivity index (χ4n) is 2.03. The molecule has 6 nitrogen and oxygen atoms in total. The third kappa shape index (κ3) is 2.54. The summed E-state index contributed by atoms with van der Waals surface area (Å²) < 4.78 is 1.64. The van der Waals surface area contributed by atoms with E-state index in [1.54, 1.807) is 30.8 Å². The lowest BCUT2D eigenvalue weighted by Crippen LogP contribution is -2.14. The first kappa shape index (κ1) is 13.8. The van der Waals surface area contributed by atoms with Gasteiger partial charge in [0.2, 0.25) is 0 Å². The molecule has 0 bridgehead atoms. The highest BCUT2D eigenvalue weighted by Gasteiger charge is 2.17. The maximum Gasteiger partial charge on any atom is 0.335 e. The zero-order valence-corrected chi connectivity index (χ0v) is 11.5. The van der Waals surface area contributed by atoms with Crippen molar-refractivity contribution in [2.24, 2.45) is 7.05 Å². The summed E-state index contributed by atoms with van der Waals surface area (Å²) >= 11 is 0. The number of carbonyl (C=O) groups excluding carboxylic acids is 1. The number of anilines is 1. The first-order chi connectivity index (χ1) is 9.40. The summed E-state index contributed by atoms with van der Waals surface area (Å²) in [6, 6.07) is 6.12. The van der Waals surface area contributed by atoms with E-state index in [9.17, 15) is 9.59 Å². The van der Waals surface area contributed by atoms with Gasteiger partial charge in [0, 0.05) is 18.4 Å². The number of nitrogens with one attached hydrogen (secondary N) is 1. The van der Waals surface area contributed by atoms with Crippen LogP contribution in [0.2, 0.25) is 0 Å². The predicted molar refractivity (Wildman–Crippen MR) is 74.0 cm³/mol. The number of hydrogen-bond acceptors (Lipinski definition) is 3. The number of hydrogen-bond donors (Lipinski definition) is 2. The Bertz CT molecular complexity index is 689. The molecule has 1 aromatic carbocycles. The van der Waals surface area contributed by atoms with Crippen LogP contribution in [-0.2, 0) is 7.05 Å². The van der Waals surface area contributed by atoms with Gasteiger partial charge in [0.1, 0.15) is 0 Å². The zero-order chi connectivity index (χ0) is 14.9. The van der Waals surface area contributed by atoms with Crippen molar-refractivity contribution in [3.8, 4) is 0 Å². The Morgan fingerprint density at radius 1 is 1.30 bits per heavy atom. The van der Waals surface area contributed by atoms with Gasteiger partial charge in [-0.1, -0.05) is 6.07 Å². The number of carboxylic acids is 1. The van der Waals surface area contributed by atoms with Crippen molar-refractivity contribution < 1.29 is 14.7 Å². The third-order valence-electron chi connectivity index (χ3n) is 3.10. The smallest absolute Gasteiger partial charge is 0.335 e. The van der Waals surface area contributed by atoms with E-state index >= 15 is 0 Å². The van der Waals surface area contributed by atoms with Crippen molar-refractivity contribution in [1.29, 1.82) is 0 Å². The van der Waals surface area contributed by atoms with Crippen molar-refractivity contribution in [3.05, 3.63) is 46.8 Å². The normalized spacial score (nSPS) is 10.3. The van der Waals surface area contributed by atoms with Gasteiger partial charge in [-0.05, 0) is 32.0 Å². The van der Waals surface area contributed by atoms with E-state index in [0.29, 0.717) is 16.9 Å². The molecule has 0 saturated carbocycles. The second-order valence-corrected chi connectivity index (χ2v) is 4.51. The highest BCUT2D eigenvalue weighted by atomic mass is 16.4. The van der Waals surface area contributed by atoms with Crippen molar-refractivity contribution in [2.75, 3.05) is 5.32 Å². The SMILES string of the molecule is Cc1nn(C)c(C)c1C(=O)Nc1cccc(C(=O)O)c1. The minimum Gasteiger partial charge on any atom is -0.478 e. The Morgan fingerprint density at radius 3 is 2.55 bits per heavy atom. The quantitative estimate of drug-likeness (QED) is 0.895. The Kier molecular flexibility index (Phi) is 3.56. The van der Waals surface area contributed by atoms with Gasteiger partial charge in [0.05, 0.1) is 16.8 Å². The number of aromatic nitrogens is 2. The number of carbonyl (C=O) groups is 2. The fraction of sp³-hybridized carbons (Fsp3) is 0.214. The van der Waals surface area contributed by atoms with E-state index < -0.39 is 5.97 Å². The number of carboxylic acid groups (broad SMARTS) is 1. The monoisotopic (exact) mass is 273 g/mol. The molecule has 0 spiro atoms. The van der Waals surface area contributed by atoms with E-state index in [4.69, 9.17) is 5.11 Å². The molecular formula is C14H15N3O3. The molecule has 0 aliphatic heterocycles. The van der Waals surface area contributed by atoms with Crippen LogP contribution in [-0.4, -0.2) is 26.8 Å². The molecule has 0 aliphatic rings. The molecule has 0 radical (unpaired) electrons. The van der Waals surface area contributed by atoms with Crippen LogP contribution in [0.4, 0.5) is 5.69 Å². The molecule has 2 N–H and O–H groups in total. The van der Waals surface area contributed by atoms with Gasteiger partial charge in [-0.25, -0.2) is 4.79 Å². The summed E-state index contributed by atoms with van der Waals surface area (Å²) in [5.74, 6) is -1.33. The van der Waals surface area contributed by atoms with Crippen LogP contribution in [0.15, 0.2) is 24.3 Å². The second kappa shape index (κ2) is 5.16. The average Bonchev–Trinajstić information content (AvgIpc) is 2.63. The van der Waals surface area contributed by atoms with Gasteiger partial charge in [0.15, 0.2) is 0 Å². The van der Waals surface area contributed by atoms with E-state index in [-0.39, 0.29) is 11.5 Å². The topological polar surface area (TPSA) is 84.2 Å². The van der Waals surface area contributed by atoms with Crippen LogP contribution in [0.1, 0.15) is 32.1 Å². The molecule has 0 aliphatic carbocycles. The van der Waals surface area contributed by atoms with Gasteiger partial charge in [0.25, 0.3) is 5.91 Å². The van der Waals surface area contributed by atoms with Crippen molar-refractivity contribution >= 4 is 17.6 Å². The summed E-state index contributed by atoms with van der Waals surface area (Å²) in [6.45, 7) is 3.57. The first-order valence-corrected chi connectivity index (χ1v) is 6.05. The van der Waals surface area contributed by atoms with E-state index in [1.807, 2.05) is 6.92 Å². The van der Waals surface area contributed by atoms with E-state index in [2.05, 4.69) is 10.4 Å². The van der Waals surface area contributed by atoms with Gasteiger partial charge in [-0.3, -0.25) is 9.48 Å². The van der Waals surface area contributed by atoms with Crippen molar-refractivity contribution in [2.45, 2.75) is 13.8 Å². The number of nitrogens with zero attached hydrogens (tertiary/aromatic N) is 2. The highest BCUT2D eigenvalue weighted by Crippen LogP contribution is 2.16. The Balaban J connectivity index is 2.28. The molecule has 1 amide bonds. The summed E-state index contributed by atoms with van der Waals surface area (Å²) in [5.41, 5.74) is 2.47.